The van der Waals surface area contributed by atoms with Gasteiger partial charge in [-0.3, -0.25) is 4.79 Å². The van der Waals surface area contributed by atoms with Crippen LogP contribution in [-0.4, -0.2) is 43.0 Å². The van der Waals surface area contributed by atoms with Gasteiger partial charge in [0.1, 0.15) is 0 Å². The normalized spacial score (nSPS) is 19.8. The molecule has 1 aliphatic heterocycles. The third kappa shape index (κ3) is 4.58. The first-order valence-electron chi connectivity index (χ1n) is 5.42. The molecule has 1 unspecified atom stereocenters. The fourth-order valence-corrected chi connectivity index (χ4v) is 1.86. The van der Waals surface area contributed by atoms with Gasteiger partial charge in [-0.25, -0.2) is 0 Å². The van der Waals surface area contributed by atoms with E-state index in [-0.39, 0.29) is 5.91 Å². The number of hydrogen-bond donors (Lipinski definition) is 2. The average Bonchev–Trinajstić information content (AvgIpc) is 2.56. The van der Waals surface area contributed by atoms with Crippen LogP contribution >= 0.6 is 0 Å². The third-order valence-corrected chi connectivity index (χ3v) is 2.59. The highest BCUT2D eigenvalue weighted by atomic mass is 16.1. The molecule has 4 heteroatoms. The van der Waals surface area contributed by atoms with Crippen LogP contribution in [0.3, 0.4) is 0 Å². The van der Waals surface area contributed by atoms with Gasteiger partial charge in [0.2, 0.25) is 5.91 Å². The van der Waals surface area contributed by atoms with Crippen LogP contribution in [0.5, 0.6) is 0 Å². The van der Waals surface area contributed by atoms with Crippen molar-refractivity contribution in [3.8, 4) is 0 Å². The van der Waals surface area contributed by atoms with Crippen molar-refractivity contribution in [2.45, 2.75) is 32.2 Å². The molecule has 3 N–H and O–H groups in total. The molecule has 82 valence electrons. The maximum Gasteiger partial charge on any atom is 0.218 e. The van der Waals surface area contributed by atoms with Gasteiger partial charge in [-0.2, -0.15) is 0 Å². The minimum Gasteiger partial charge on any atom is -0.370 e. The van der Waals surface area contributed by atoms with Crippen molar-refractivity contribution in [3.05, 3.63) is 0 Å². The first-order chi connectivity index (χ1) is 6.68. The number of nitrogens with one attached hydrogen (secondary N) is 1. The summed E-state index contributed by atoms with van der Waals surface area (Å²) in [5.74, 6) is -0.231. The van der Waals surface area contributed by atoms with E-state index in [1.807, 2.05) is 0 Å². The molecule has 0 aromatic carbocycles. The summed E-state index contributed by atoms with van der Waals surface area (Å²) in [4.78, 5) is 13.0. The van der Waals surface area contributed by atoms with E-state index in [0.29, 0.717) is 19.0 Å². The number of carbonyl (C=O) groups is 1. The van der Waals surface area contributed by atoms with Crippen LogP contribution in [0.25, 0.3) is 0 Å². The van der Waals surface area contributed by atoms with Crippen molar-refractivity contribution in [1.82, 2.24) is 10.2 Å². The molecule has 1 atom stereocenters. The Morgan fingerprint density at radius 1 is 1.50 bits per heavy atom. The highest BCUT2D eigenvalue weighted by Crippen LogP contribution is 2.07. The Labute approximate surface area is 85.8 Å². The molecule has 14 heavy (non-hydrogen) atoms. The van der Waals surface area contributed by atoms with E-state index in [1.54, 1.807) is 0 Å². The molecule has 0 spiro atoms. The quantitative estimate of drug-likeness (QED) is 0.630. The molecular weight excluding hydrogens is 178 g/mol. The van der Waals surface area contributed by atoms with Crippen LogP contribution in [0.4, 0.5) is 0 Å². The Morgan fingerprint density at radius 3 is 2.71 bits per heavy atom. The first-order valence-corrected chi connectivity index (χ1v) is 5.42. The zero-order valence-electron chi connectivity index (χ0n) is 8.96. The summed E-state index contributed by atoms with van der Waals surface area (Å²) in [5, 5.41) is 3.30. The Morgan fingerprint density at radius 2 is 2.14 bits per heavy atom. The number of nitrogens with zero attached hydrogens (tertiary/aromatic N) is 1. The lowest BCUT2D eigenvalue weighted by Gasteiger charge is -2.20. The van der Waals surface area contributed by atoms with Crippen LogP contribution in [0.15, 0.2) is 0 Å². The smallest absolute Gasteiger partial charge is 0.218 e. The van der Waals surface area contributed by atoms with Gasteiger partial charge in [0, 0.05) is 25.6 Å². The van der Waals surface area contributed by atoms with E-state index in [1.165, 1.54) is 25.9 Å². The molecule has 1 rings (SSSR count). The average molecular weight is 199 g/mol. The maximum atomic E-state index is 10.5. The minimum absolute atomic E-state index is 0.231. The first kappa shape index (κ1) is 11.5. The Bertz CT molecular complexity index is 178. The van der Waals surface area contributed by atoms with Crippen molar-refractivity contribution in [2.75, 3.05) is 26.2 Å². The van der Waals surface area contributed by atoms with Gasteiger partial charge in [-0.05, 0) is 32.9 Å². The number of amides is 1. The highest BCUT2D eigenvalue weighted by Gasteiger charge is 2.13. The van der Waals surface area contributed by atoms with Gasteiger partial charge < -0.3 is 16.0 Å². The topological polar surface area (TPSA) is 58.4 Å². The Hall–Kier alpha value is -0.610. The van der Waals surface area contributed by atoms with E-state index in [0.717, 1.165) is 6.54 Å². The second-order valence-electron chi connectivity index (χ2n) is 4.08. The fourth-order valence-electron chi connectivity index (χ4n) is 1.86. The lowest BCUT2D eigenvalue weighted by atomic mass is 10.3. The molecule has 1 amide bonds. The predicted octanol–water partition coefficient (Wildman–Crippen LogP) is -0.0643. The van der Waals surface area contributed by atoms with Crippen molar-refractivity contribution in [2.24, 2.45) is 5.73 Å². The number of hydrogen-bond acceptors (Lipinski definition) is 3. The summed E-state index contributed by atoms with van der Waals surface area (Å²) in [6.07, 6.45) is 3.09. The number of carbonyl (C=O) groups excluding carboxylic acids is 1. The molecule has 0 aromatic rings. The summed E-state index contributed by atoms with van der Waals surface area (Å²) in [7, 11) is 0. The molecule has 0 bridgehead atoms. The van der Waals surface area contributed by atoms with E-state index in [2.05, 4.69) is 17.1 Å². The lowest BCUT2D eigenvalue weighted by Crippen LogP contribution is -2.39. The van der Waals surface area contributed by atoms with Gasteiger partial charge >= 0.3 is 0 Å². The monoisotopic (exact) mass is 199 g/mol. The van der Waals surface area contributed by atoms with Crippen LogP contribution in [-0.2, 0) is 4.79 Å². The van der Waals surface area contributed by atoms with Crippen LogP contribution in [0.1, 0.15) is 26.2 Å². The standard InChI is InChI=1S/C10H21N3O/c1-9(12-5-4-10(11)14)8-13-6-2-3-7-13/h9,12H,2-8H2,1H3,(H2,11,14). The molecular formula is C10H21N3O. The molecule has 1 aliphatic rings. The van der Waals surface area contributed by atoms with Crippen molar-refractivity contribution < 1.29 is 4.79 Å². The predicted molar refractivity (Wildman–Crippen MR) is 57.0 cm³/mol. The van der Waals surface area contributed by atoms with Gasteiger partial charge in [-0.15, -0.1) is 0 Å². The Balaban J connectivity index is 2.03. The summed E-state index contributed by atoms with van der Waals surface area (Å²) >= 11 is 0. The second kappa shape index (κ2) is 5.98. The van der Waals surface area contributed by atoms with Crippen molar-refractivity contribution in [3.63, 3.8) is 0 Å². The largest absolute Gasteiger partial charge is 0.370 e. The molecule has 0 aliphatic carbocycles. The van der Waals surface area contributed by atoms with E-state index >= 15 is 0 Å². The highest BCUT2D eigenvalue weighted by molar-refractivity contribution is 5.73. The van der Waals surface area contributed by atoms with Crippen LogP contribution < -0.4 is 11.1 Å². The van der Waals surface area contributed by atoms with Crippen molar-refractivity contribution in [1.29, 1.82) is 0 Å². The molecule has 1 fully saturated rings. The maximum absolute atomic E-state index is 10.5. The third-order valence-electron chi connectivity index (χ3n) is 2.59. The van der Waals surface area contributed by atoms with E-state index < -0.39 is 0 Å². The molecule has 1 saturated heterocycles. The molecule has 0 radical (unpaired) electrons. The SMILES string of the molecule is CC(CN1CCCC1)NCCC(N)=O. The summed E-state index contributed by atoms with van der Waals surface area (Å²) in [6, 6.07) is 0.451. The van der Waals surface area contributed by atoms with E-state index in [4.69, 9.17) is 5.73 Å². The van der Waals surface area contributed by atoms with Gasteiger partial charge in [0.05, 0.1) is 0 Å². The van der Waals surface area contributed by atoms with Gasteiger partial charge in [0.15, 0.2) is 0 Å². The minimum atomic E-state index is -0.231. The zero-order valence-corrected chi connectivity index (χ0v) is 8.96. The van der Waals surface area contributed by atoms with E-state index in [9.17, 15) is 4.79 Å². The van der Waals surface area contributed by atoms with Gasteiger partial charge in [0.25, 0.3) is 0 Å². The van der Waals surface area contributed by atoms with Gasteiger partial charge in [-0.1, -0.05) is 0 Å². The lowest BCUT2D eigenvalue weighted by molar-refractivity contribution is -0.117. The van der Waals surface area contributed by atoms with Crippen LogP contribution in [0, 0.1) is 0 Å². The summed E-state index contributed by atoms with van der Waals surface area (Å²) in [5.41, 5.74) is 5.05. The zero-order chi connectivity index (χ0) is 10.4. The second-order valence-corrected chi connectivity index (χ2v) is 4.08. The summed E-state index contributed by atoms with van der Waals surface area (Å²) < 4.78 is 0. The molecule has 1 heterocycles. The van der Waals surface area contributed by atoms with Crippen LogP contribution in [0.2, 0.25) is 0 Å². The van der Waals surface area contributed by atoms with Crippen molar-refractivity contribution >= 4 is 5.91 Å². The summed E-state index contributed by atoms with van der Waals surface area (Å²) in [6.45, 7) is 6.38. The molecule has 4 nitrogen and oxygen atoms in total. The number of likely N-dealkylation sites (tertiary alicyclic amines) is 1. The Kier molecular flexibility index (Phi) is 4.90. The number of primary amides is 1. The fraction of sp³-hybridized carbons (Fsp3) is 0.900. The number of nitrogens with two attached hydrogens (primary N) is 1. The molecule has 0 saturated carbocycles. The number of rotatable bonds is 6. The molecule has 0 aromatic heterocycles.